The highest BCUT2D eigenvalue weighted by molar-refractivity contribution is 7.91. The van der Waals surface area contributed by atoms with Gasteiger partial charge in [-0.3, -0.25) is 0 Å². The van der Waals surface area contributed by atoms with Gasteiger partial charge in [0, 0.05) is 12.3 Å². The van der Waals surface area contributed by atoms with Crippen LogP contribution in [0.1, 0.15) is 26.2 Å². The van der Waals surface area contributed by atoms with Gasteiger partial charge in [0.05, 0.1) is 5.25 Å². The van der Waals surface area contributed by atoms with E-state index >= 15 is 0 Å². The lowest BCUT2D eigenvalue weighted by Crippen LogP contribution is -2.27. The molecule has 0 spiro atoms. The van der Waals surface area contributed by atoms with Crippen molar-refractivity contribution in [3.05, 3.63) is 0 Å². The fraction of sp³-hybridized carbons (Fsp3) is 1.00. The van der Waals surface area contributed by atoms with E-state index < -0.39 is 9.84 Å². The lowest BCUT2D eigenvalue weighted by atomic mass is 10.2. The Morgan fingerprint density at radius 2 is 2.08 bits per heavy atom. The summed E-state index contributed by atoms with van der Waals surface area (Å²) in [5.74, 6) is 0. The molecule has 72 valence electrons. The second kappa shape index (κ2) is 3.75. The van der Waals surface area contributed by atoms with Gasteiger partial charge in [0.15, 0.2) is 0 Å². The lowest BCUT2D eigenvalue weighted by molar-refractivity contribution is 0.538. The molecule has 0 aromatic rings. The first-order chi connectivity index (χ1) is 5.54. The van der Waals surface area contributed by atoms with E-state index in [1.807, 2.05) is 6.92 Å². The summed E-state index contributed by atoms with van der Waals surface area (Å²) in [7, 11) is -2.79. The maximum atomic E-state index is 11.2. The first-order valence-corrected chi connectivity index (χ1v) is 6.41. The topological polar surface area (TPSA) is 46.2 Å². The monoisotopic (exact) mass is 191 g/mol. The average molecular weight is 191 g/mol. The van der Waals surface area contributed by atoms with Gasteiger partial charge in [-0.1, -0.05) is 6.92 Å². The molecule has 1 rings (SSSR count). The second-order valence-electron chi connectivity index (χ2n) is 3.52. The molecule has 1 fully saturated rings. The van der Waals surface area contributed by atoms with E-state index in [0.717, 1.165) is 25.8 Å². The van der Waals surface area contributed by atoms with E-state index in [1.165, 1.54) is 6.26 Å². The van der Waals surface area contributed by atoms with E-state index in [9.17, 15) is 8.42 Å². The third-order valence-electron chi connectivity index (χ3n) is 2.48. The largest absolute Gasteiger partial charge is 0.314 e. The molecule has 0 saturated heterocycles. The van der Waals surface area contributed by atoms with Crippen LogP contribution >= 0.6 is 0 Å². The van der Waals surface area contributed by atoms with Gasteiger partial charge in [0.25, 0.3) is 0 Å². The first kappa shape index (κ1) is 9.99. The highest BCUT2D eigenvalue weighted by Crippen LogP contribution is 2.24. The van der Waals surface area contributed by atoms with Gasteiger partial charge in [-0.15, -0.1) is 0 Å². The Balaban J connectivity index is 2.46. The Morgan fingerprint density at radius 1 is 1.42 bits per heavy atom. The van der Waals surface area contributed by atoms with Crippen molar-refractivity contribution < 1.29 is 8.42 Å². The van der Waals surface area contributed by atoms with Crippen LogP contribution in [0.3, 0.4) is 0 Å². The summed E-state index contributed by atoms with van der Waals surface area (Å²) in [6, 6.07) is 0.426. The number of rotatable bonds is 3. The molecule has 2 unspecified atom stereocenters. The molecule has 12 heavy (non-hydrogen) atoms. The van der Waals surface area contributed by atoms with Crippen LogP contribution in [0.25, 0.3) is 0 Å². The Bertz CT molecular complexity index is 235. The summed E-state index contributed by atoms with van der Waals surface area (Å²) in [6.45, 7) is 2.98. The van der Waals surface area contributed by atoms with Crippen molar-refractivity contribution in [1.29, 1.82) is 0 Å². The van der Waals surface area contributed by atoms with Crippen molar-refractivity contribution in [2.45, 2.75) is 37.5 Å². The standard InChI is InChI=1S/C8H17NO2S/c1-3-9-7-4-5-8(6-7)12(2,10)11/h7-9H,3-6H2,1-2H3. The molecule has 1 aliphatic carbocycles. The van der Waals surface area contributed by atoms with Gasteiger partial charge in [-0.05, 0) is 25.8 Å². The Hall–Kier alpha value is -0.0900. The number of hydrogen-bond donors (Lipinski definition) is 1. The zero-order chi connectivity index (χ0) is 9.19. The molecule has 0 bridgehead atoms. The van der Waals surface area contributed by atoms with Crippen LogP contribution in [0.4, 0.5) is 0 Å². The first-order valence-electron chi connectivity index (χ1n) is 4.46. The molecule has 1 saturated carbocycles. The lowest BCUT2D eigenvalue weighted by Gasteiger charge is -2.10. The third kappa shape index (κ3) is 2.45. The van der Waals surface area contributed by atoms with Crippen molar-refractivity contribution in [3.63, 3.8) is 0 Å². The van der Waals surface area contributed by atoms with E-state index in [2.05, 4.69) is 5.32 Å². The van der Waals surface area contributed by atoms with Crippen LogP contribution in [-0.4, -0.2) is 32.5 Å². The Labute approximate surface area is 74.5 Å². The normalized spacial score (nSPS) is 30.8. The van der Waals surface area contributed by atoms with E-state index in [4.69, 9.17) is 0 Å². The molecule has 0 radical (unpaired) electrons. The van der Waals surface area contributed by atoms with E-state index in [1.54, 1.807) is 0 Å². The molecule has 1 aliphatic rings. The molecule has 2 atom stereocenters. The predicted octanol–water partition coefficient (Wildman–Crippen LogP) is 0.562. The van der Waals surface area contributed by atoms with Crippen molar-refractivity contribution in [1.82, 2.24) is 5.32 Å². The third-order valence-corrected chi connectivity index (χ3v) is 4.12. The summed E-state index contributed by atoms with van der Waals surface area (Å²) in [6.07, 6.45) is 3.97. The van der Waals surface area contributed by atoms with Gasteiger partial charge >= 0.3 is 0 Å². The Morgan fingerprint density at radius 3 is 2.50 bits per heavy atom. The quantitative estimate of drug-likeness (QED) is 0.709. The highest BCUT2D eigenvalue weighted by atomic mass is 32.2. The molecule has 3 nitrogen and oxygen atoms in total. The van der Waals surface area contributed by atoms with Crippen LogP contribution in [-0.2, 0) is 9.84 Å². The molecule has 0 heterocycles. The minimum absolute atomic E-state index is 0.0958. The van der Waals surface area contributed by atoms with Gasteiger partial charge in [0.1, 0.15) is 9.84 Å². The fourth-order valence-electron chi connectivity index (χ4n) is 1.80. The molecular formula is C8H17NO2S. The molecule has 0 aromatic carbocycles. The number of hydrogen-bond acceptors (Lipinski definition) is 3. The molecule has 1 N–H and O–H groups in total. The molecule has 0 amide bonds. The highest BCUT2D eigenvalue weighted by Gasteiger charge is 2.30. The fourth-order valence-corrected chi connectivity index (χ4v) is 2.95. The summed E-state index contributed by atoms with van der Waals surface area (Å²) < 4.78 is 22.3. The van der Waals surface area contributed by atoms with E-state index in [0.29, 0.717) is 6.04 Å². The zero-order valence-corrected chi connectivity index (χ0v) is 8.52. The molecule has 0 aliphatic heterocycles. The van der Waals surface area contributed by atoms with Gasteiger partial charge in [-0.25, -0.2) is 8.42 Å². The summed E-state index contributed by atoms with van der Waals surface area (Å²) in [5.41, 5.74) is 0. The summed E-state index contributed by atoms with van der Waals surface area (Å²) >= 11 is 0. The van der Waals surface area contributed by atoms with Crippen molar-refractivity contribution in [2.75, 3.05) is 12.8 Å². The zero-order valence-electron chi connectivity index (χ0n) is 7.71. The molecule has 4 heteroatoms. The van der Waals surface area contributed by atoms with Gasteiger partial charge in [-0.2, -0.15) is 0 Å². The minimum Gasteiger partial charge on any atom is -0.314 e. The van der Waals surface area contributed by atoms with Crippen molar-refractivity contribution in [2.24, 2.45) is 0 Å². The van der Waals surface area contributed by atoms with Crippen LogP contribution in [0.2, 0.25) is 0 Å². The Kier molecular flexibility index (Phi) is 3.12. The van der Waals surface area contributed by atoms with Crippen LogP contribution in [0.5, 0.6) is 0 Å². The van der Waals surface area contributed by atoms with Crippen molar-refractivity contribution in [3.8, 4) is 0 Å². The van der Waals surface area contributed by atoms with Crippen LogP contribution in [0.15, 0.2) is 0 Å². The maximum absolute atomic E-state index is 11.2. The second-order valence-corrected chi connectivity index (χ2v) is 5.84. The van der Waals surface area contributed by atoms with Crippen LogP contribution < -0.4 is 5.32 Å². The smallest absolute Gasteiger partial charge is 0.150 e. The maximum Gasteiger partial charge on any atom is 0.150 e. The number of sulfone groups is 1. The van der Waals surface area contributed by atoms with Crippen molar-refractivity contribution >= 4 is 9.84 Å². The summed E-state index contributed by atoms with van der Waals surface area (Å²) in [4.78, 5) is 0. The average Bonchev–Trinajstić information content (AvgIpc) is 2.35. The summed E-state index contributed by atoms with van der Waals surface area (Å²) in [5, 5.41) is 3.19. The molecular weight excluding hydrogens is 174 g/mol. The minimum atomic E-state index is -2.79. The number of nitrogens with one attached hydrogen (secondary N) is 1. The SMILES string of the molecule is CCNC1CCC(S(C)(=O)=O)C1. The predicted molar refractivity (Wildman–Crippen MR) is 49.9 cm³/mol. The van der Waals surface area contributed by atoms with Gasteiger partial charge < -0.3 is 5.32 Å². The van der Waals surface area contributed by atoms with E-state index in [-0.39, 0.29) is 5.25 Å². The molecule has 0 aromatic heterocycles. The van der Waals surface area contributed by atoms with Gasteiger partial charge in [0.2, 0.25) is 0 Å². The van der Waals surface area contributed by atoms with Crippen LogP contribution in [0, 0.1) is 0 Å².